The summed E-state index contributed by atoms with van der Waals surface area (Å²) in [6, 6.07) is 0. The quantitative estimate of drug-likeness (QED) is 0.680. The molecule has 2 atom stereocenters. The van der Waals surface area contributed by atoms with E-state index in [4.69, 9.17) is 5.11 Å². The first-order valence-electron chi connectivity index (χ1n) is 4.64. The van der Waals surface area contributed by atoms with E-state index < -0.39 is 0 Å². The molecule has 0 aliphatic carbocycles. The summed E-state index contributed by atoms with van der Waals surface area (Å²) in [5.41, 5.74) is 0. The third kappa shape index (κ3) is 6.90. The SMILES string of the molecule is CCNC(=O)CCSC(C)C(C)O. The molecule has 0 aromatic heterocycles. The van der Waals surface area contributed by atoms with Gasteiger partial charge in [-0.05, 0) is 13.8 Å². The zero-order valence-corrected chi connectivity index (χ0v) is 9.36. The molecule has 2 unspecified atom stereocenters. The fourth-order valence-electron chi connectivity index (χ4n) is 0.762. The Kier molecular flexibility index (Phi) is 7.09. The molecule has 0 heterocycles. The van der Waals surface area contributed by atoms with Gasteiger partial charge in [-0.25, -0.2) is 0 Å². The van der Waals surface area contributed by atoms with Gasteiger partial charge in [-0.3, -0.25) is 4.79 Å². The third-order valence-corrected chi connectivity index (χ3v) is 3.12. The predicted molar refractivity (Wildman–Crippen MR) is 56.9 cm³/mol. The summed E-state index contributed by atoms with van der Waals surface area (Å²) in [7, 11) is 0. The van der Waals surface area contributed by atoms with Gasteiger partial charge < -0.3 is 10.4 Å². The van der Waals surface area contributed by atoms with Gasteiger partial charge in [0.15, 0.2) is 0 Å². The zero-order chi connectivity index (χ0) is 10.3. The smallest absolute Gasteiger partial charge is 0.220 e. The summed E-state index contributed by atoms with van der Waals surface area (Å²) in [5.74, 6) is 0.866. The van der Waals surface area contributed by atoms with Crippen LogP contribution in [0.5, 0.6) is 0 Å². The molecular weight excluding hydrogens is 186 g/mol. The van der Waals surface area contributed by atoms with E-state index in [2.05, 4.69) is 5.32 Å². The van der Waals surface area contributed by atoms with E-state index >= 15 is 0 Å². The molecule has 3 nitrogen and oxygen atoms in total. The lowest BCUT2D eigenvalue weighted by Gasteiger charge is -2.13. The molecule has 0 spiro atoms. The van der Waals surface area contributed by atoms with Crippen molar-refractivity contribution in [1.29, 1.82) is 0 Å². The molecule has 0 saturated carbocycles. The highest BCUT2D eigenvalue weighted by Gasteiger charge is 2.09. The summed E-state index contributed by atoms with van der Waals surface area (Å²) < 4.78 is 0. The maximum atomic E-state index is 11.0. The number of aliphatic hydroxyl groups is 1. The van der Waals surface area contributed by atoms with E-state index in [9.17, 15) is 4.79 Å². The zero-order valence-electron chi connectivity index (χ0n) is 8.54. The second-order valence-electron chi connectivity index (χ2n) is 3.02. The number of rotatable bonds is 6. The Bertz CT molecular complexity index is 151. The topological polar surface area (TPSA) is 49.3 Å². The Morgan fingerprint density at radius 2 is 2.15 bits per heavy atom. The van der Waals surface area contributed by atoms with Gasteiger partial charge in [-0.15, -0.1) is 0 Å². The standard InChI is InChI=1S/C9H19NO2S/c1-4-10-9(12)5-6-13-8(3)7(2)11/h7-8,11H,4-6H2,1-3H3,(H,10,12). The number of hydrogen-bond donors (Lipinski definition) is 2. The van der Waals surface area contributed by atoms with Crippen LogP contribution in [0.25, 0.3) is 0 Å². The van der Waals surface area contributed by atoms with Crippen molar-refractivity contribution < 1.29 is 9.90 Å². The van der Waals surface area contributed by atoms with Crippen LogP contribution in [0.4, 0.5) is 0 Å². The number of hydrogen-bond acceptors (Lipinski definition) is 3. The molecule has 0 radical (unpaired) electrons. The highest BCUT2D eigenvalue weighted by Crippen LogP contribution is 2.14. The monoisotopic (exact) mass is 205 g/mol. The molecule has 0 aromatic rings. The molecule has 78 valence electrons. The molecule has 0 fully saturated rings. The van der Waals surface area contributed by atoms with E-state index in [0.717, 1.165) is 5.75 Å². The molecule has 4 heteroatoms. The summed E-state index contributed by atoms with van der Waals surface area (Å²) in [5, 5.41) is 12.1. The minimum atomic E-state index is -0.306. The van der Waals surface area contributed by atoms with Crippen LogP contribution >= 0.6 is 11.8 Å². The first-order valence-corrected chi connectivity index (χ1v) is 5.69. The van der Waals surface area contributed by atoms with Crippen LogP contribution in [0.2, 0.25) is 0 Å². The van der Waals surface area contributed by atoms with Gasteiger partial charge >= 0.3 is 0 Å². The fraction of sp³-hybridized carbons (Fsp3) is 0.889. The van der Waals surface area contributed by atoms with E-state index in [1.807, 2.05) is 13.8 Å². The predicted octanol–water partition coefficient (Wildman–Crippen LogP) is 1.02. The molecule has 13 heavy (non-hydrogen) atoms. The summed E-state index contributed by atoms with van der Waals surface area (Å²) in [4.78, 5) is 11.0. The Morgan fingerprint density at radius 3 is 2.62 bits per heavy atom. The Hall–Kier alpha value is -0.220. The number of nitrogens with one attached hydrogen (secondary N) is 1. The lowest BCUT2D eigenvalue weighted by molar-refractivity contribution is -0.120. The van der Waals surface area contributed by atoms with Gasteiger partial charge in [0.05, 0.1) is 6.10 Å². The number of carbonyl (C=O) groups excluding carboxylic acids is 1. The van der Waals surface area contributed by atoms with Crippen molar-refractivity contribution in [3.8, 4) is 0 Å². The first-order chi connectivity index (χ1) is 6.07. The van der Waals surface area contributed by atoms with Crippen LogP contribution < -0.4 is 5.32 Å². The summed E-state index contributed by atoms with van der Waals surface area (Å²) in [6.45, 7) is 6.33. The number of aliphatic hydroxyl groups excluding tert-OH is 1. The van der Waals surface area contributed by atoms with Gasteiger partial charge in [-0.1, -0.05) is 6.92 Å². The van der Waals surface area contributed by atoms with Crippen LogP contribution in [-0.2, 0) is 4.79 Å². The molecule has 0 aliphatic heterocycles. The molecule has 2 N–H and O–H groups in total. The molecular formula is C9H19NO2S. The normalized spacial score (nSPS) is 15.1. The van der Waals surface area contributed by atoms with Crippen molar-refractivity contribution in [2.24, 2.45) is 0 Å². The van der Waals surface area contributed by atoms with E-state index in [-0.39, 0.29) is 17.3 Å². The van der Waals surface area contributed by atoms with Crippen molar-refractivity contribution in [2.75, 3.05) is 12.3 Å². The van der Waals surface area contributed by atoms with Gasteiger partial charge in [-0.2, -0.15) is 11.8 Å². The van der Waals surface area contributed by atoms with Crippen molar-refractivity contribution in [3.05, 3.63) is 0 Å². The number of carbonyl (C=O) groups is 1. The van der Waals surface area contributed by atoms with E-state index in [1.54, 1.807) is 18.7 Å². The molecule has 1 amide bonds. The minimum Gasteiger partial charge on any atom is -0.392 e. The van der Waals surface area contributed by atoms with Crippen molar-refractivity contribution in [3.63, 3.8) is 0 Å². The van der Waals surface area contributed by atoms with Crippen LogP contribution in [0.3, 0.4) is 0 Å². The molecule has 0 aromatic carbocycles. The van der Waals surface area contributed by atoms with Gasteiger partial charge in [0, 0.05) is 24.0 Å². The van der Waals surface area contributed by atoms with Gasteiger partial charge in [0.2, 0.25) is 5.91 Å². The maximum absolute atomic E-state index is 11.0. The fourth-order valence-corrected chi connectivity index (χ4v) is 1.72. The number of amides is 1. The second kappa shape index (κ2) is 7.21. The van der Waals surface area contributed by atoms with E-state index in [1.165, 1.54) is 0 Å². The van der Waals surface area contributed by atoms with Crippen LogP contribution in [0, 0.1) is 0 Å². The minimum absolute atomic E-state index is 0.0905. The second-order valence-corrected chi connectivity index (χ2v) is 4.51. The molecule has 0 rings (SSSR count). The molecule has 0 bridgehead atoms. The first kappa shape index (κ1) is 12.8. The van der Waals surface area contributed by atoms with Crippen LogP contribution in [0.1, 0.15) is 27.2 Å². The lowest BCUT2D eigenvalue weighted by Crippen LogP contribution is -2.23. The van der Waals surface area contributed by atoms with Crippen molar-refractivity contribution in [1.82, 2.24) is 5.32 Å². The maximum Gasteiger partial charge on any atom is 0.220 e. The average molecular weight is 205 g/mol. The number of thioether (sulfide) groups is 1. The molecule has 0 aliphatic rings. The van der Waals surface area contributed by atoms with Gasteiger partial charge in [0.25, 0.3) is 0 Å². The summed E-state index contributed by atoms with van der Waals surface area (Å²) >= 11 is 1.63. The average Bonchev–Trinajstić information content (AvgIpc) is 2.04. The van der Waals surface area contributed by atoms with Crippen LogP contribution in [0.15, 0.2) is 0 Å². The van der Waals surface area contributed by atoms with Crippen LogP contribution in [-0.4, -0.2) is 34.7 Å². The van der Waals surface area contributed by atoms with Crippen molar-refractivity contribution >= 4 is 17.7 Å². The highest BCUT2D eigenvalue weighted by atomic mass is 32.2. The van der Waals surface area contributed by atoms with Gasteiger partial charge in [0.1, 0.15) is 0 Å². The Balaban J connectivity index is 3.39. The third-order valence-electron chi connectivity index (χ3n) is 1.76. The molecule has 0 saturated heterocycles. The van der Waals surface area contributed by atoms with Crippen molar-refractivity contribution in [2.45, 2.75) is 38.5 Å². The Morgan fingerprint density at radius 1 is 1.54 bits per heavy atom. The highest BCUT2D eigenvalue weighted by molar-refractivity contribution is 7.99. The summed E-state index contributed by atoms with van der Waals surface area (Å²) in [6.07, 6.45) is 0.231. The van der Waals surface area contributed by atoms with E-state index in [0.29, 0.717) is 13.0 Å². The lowest BCUT2D eigenvalue weighted by atomic mass is 10.3. The Labute approximate surface area is 84.3 Å². The largest absolute Gasteiger partial charge is 0.392 e.